The average Bonchev–Trinajstić information content (AvgIpc) is 3.18. The van der Waals surface area contributed by atoms with Gasteiger partial charge >= 0.3 is 7.12 Å². The molecule has 1 saturated heterocycles. The molecule has 0 radical (unpaired) electrons. The molecule has 0 saturated carbocycles. The Morgan fingerprint density at radius 1 is 0.615 bits per heavy atom. The molecular weight excluding hydrogens is 481 g/mol. The maximum atomic E-state index is 6.69. The molecule has 7 rings (SSSR count). The second-order valence-corrected chi connectivity index (χ2v) is 11.3. The molecule has 0 unspecified atom stereocenters. The van der Waals surface area contributed by atoms with Gasteiger partial charge in [-0.3, -0.25) is 0 Å². The molecule has 0 amide bonds. The van der Waals surface area contributed by atoms with Crippen LogP contribution in [0.25, 0.3) is 21.9 Å². The standard InChI is InChI=1S/C34H30BNO3/c1-33(2)34(3,4)39-35(38-33)26-17-21-29-31(22-26)37-32-28-13-9-8-12-25(28)16-20-30(32)36(29)27-18-14-24(15-19-27)23-10-6-5-7-11-23/h5-22H,1-4H3. The molecule has 2 aliphatic rings. The van der Waals surface area contributed by atoms with Gasteiger partial charge in [0, 0.05) is 11.1 Å². The molecule has 39 heavy (non-hydrogen) atoms. The zero-order valence-corrected chi connectivity index (χ0v) is 22.6. The predicted octanol–water partition coefficient (Wildman–Crippen LogP) is 8.38. The summed E-state index contributed by atoms with van der Waals surface area (Å²) in [6.07, 6.45) is 0. The summed E-state index contributed by atoms with van der Waals surface area (Å²) in [5.41, 5.74) is 5.55. The lowest BCUT2D eigenvalue weighted by molar-refractivity contribution is 0.00578. The third-order valence-corrected chi connectivity index (χ3v) is 8.29. The molecule has 0 bridgehead atoms. The third-order valence-electron chi connectivity index (χ3n) is 8.29. The quantitative estimate of drug-likeness (QED) is 0.223. The Morgan fingerprint density at radius 3 is 2.00 bits per heavy atom. The van der Waals surface area contributed by atoms with Crippen molar-refractivity contribution >= 4 is 40.4 Å². The highest BCUT2D eigenvalue weighted by atomic mass is 16.7. The molecule has 0 N–H and O–H groups in total. The van der Waals surface area contributed by atoms with E-state index in [1.807, 2.05) is 6.07 Å². The van der Waals surface area contributed by atoms with Crippen LogP contribution in [0.1, 0.15) is 27.7 Å². The molecule has 0 atom stereocenters. The van der Waals surface area contributed by atoms with Gasteiger partial charge < -0.3 is 18.9 Å². The van der Waals surface area contributed by atoms with Crippen LogP contribution in [-0.4, -0.2) is 18.3 Å². The molecule has 2 aliphatic heterocycles. The molecule has 5 aromatic rings. The lowest BCUT2D eigenvalue weighted by atomic mass is 9.78. The second-order valence-electron chi connectivity index (χ2n) is 11.3. The maximum Gasteiger partial charge on any atom is 0.494 e. The molecular formula is C34H30BNO3. The van der Waals surface area contributed by atoms with E-state index in [-0.39, 0.29) is 0 Å². The minimum atomic E-state index is -0.462. The van der Waals surface area contributed by atoms with Crippen molar-refractivity contribution in [1.29, 1.82) is 0 Å². The maximum absolute atomic E-state index is 6.69. The van der Waals surface area contributed by atoms with Gasteiger partial charge in [-0.1, -0.05) is 78.9 Å². The van der Waals surface area contributed by atoms with Gasteiger partial charge in [0.15, 0.2) is 11.5 Å². The summed E-state index contributed by atoms with van der Waals surface area (Å²) in [4.78, 5) is 2.28. The fourth-order valence-corrected chi connectivity index (χ4v) is 5.39. The molecule has 1 fully saturated rings. The van der Waals surface area contributed by atoms with E-state index in [0.29, 0.717) is 0 Å². The van der Waals surface area contributed by atoms with Crippen LogP contribution in [0.5, 0.6) is 11.5 Å². The van der Waals surface area contributed by atoms with Crippen molar-refractivity contribution in [2.75, 3.05) is 4.90 Å². The first-order chi connectivity index (χ1) is 18.8. The van der Waals surface area contributed by atoms with Crippen molar-refractivity contribution in [3.05, 3.63) is 109 Å². The zero-order valence-electron chi connectivity index (χ0n) is 22.6. The van der Waals surface area contributed by atoms with Crippen molar-refractivity contribution in [1.82, 2.24) is 0 Å². The Hall–Kier alpha value is -4.06. The Labute approximate surface area is 229 Å². The summed E-state index contributed by atoms with van der Waals surface area (Å²) in [6.45, 7) is 8.30. The lowest BCUT2D eigenvalue weighted by Gasteiger charge is -2.34. The van der Waals surface area contributed by atoms with Gasteiger partial charge in [0.1, 0.15) is 0 Å². The number of ether oxygens (including phenoxy) is 1. The van der Waals surface area contributed by atoms with E-state index >= 15 is 0 Å². The van der Waals surface area contributed by atoms with E-state index in [4.69, 9.17) is 14.0 Å². The van der Waals surface area contributed by atoms with Gasteiger partial charge in [-0.05, 0) is 80.0 Å². The minimum Gasteiger partial charge on any atom is -0.452 e. The summed E-state index contributed by atoms with van der Waals surface area (Å²) in [5.74, 6) is 1.62. The van der Waals surface area contributed by atoms with Crippen LogP contribution < -0.4 is 15.1 Å². The number of hydrogen-bond acceptors (Lipinski definition) is 4. The number of fused-ring (bicyclic) bond motifs is 4. The van der Waals surface area contributed by atoms with Gasteiger partial charge in [-0.2, -0.15) is 0 Å². The first kappa shape index (κ1) is 24.0. The lowest BCUT2D eigenvalue weighted by Crippen LogP contribution is -2.41. The van der Waals surface area contributed by atoms with Crippen LogP contribution >= 0.6 is 0 Å². The third kappa shape index (κ3) is 3.92. The Kier molecular flexibility index (Phi) is 5.38. The molecule has 0 aliphatic carbocycles. The Morgan fingerprint density at radius 2 is 1.26 bits per heavy atom. The Bertz CT molecular complexity index is 1680. The first-order valence-electron chi connectivity index (χ1n) is 13.5. The summed E-state index contributed by atoms with van der Waals surface area (Å²) < 4.78 is 19.4. The van der Waals surface area contributed by atoms with Crippen molar-refractivity contribution in [2.24, 2.45) is 0 Å². The zero-order chi connectivity index (χ0) is 26.8. The van der Waals surface area contributed by atoms with Crippen LogP contribution in [0.15, 0.2) is 109 Å². The van der Waals surface area contributed by atoms with E-state index in [1.54, 1.807) is 0 Å². The highest BCUT2D eigenvalue weighted by Crippen LogP contribution is 2.52. The first-order valence-corrected chi connectivity index (χ1v) is 13.5. The highest BCUT2D eigenvalue weighted by molar-refractivity contribution is 6.62. The SMILES string of the molecule is CC1(C)OB(c2ccc3c(c2)Oc2c(ccc4ccccc24)N3c2ccc(-c3ccccc3)cc2)OC1(C)C. The molecule has 2 heterocycles. The topological polar surface area (TPSA) is 30.9 Å². The molecule has 0 aromatic heterocycles. The number of benzene rings is 5. The summed E-state index contributed by atoms with van der Waals surface area (Å²) in [6, 6.07) is 38.1. The van der Waals surface area contributed by atoms with E-state index < -0.39 is 18.3 Å². The minimum absolute atomic E-state index is 0.413. The summed E-state index contributed by atoms with van der Waals surface area (Å²) in [7, 11) is -0.462. The van der Waals surface area contributed by atoms with E-state index in [0.717, 1.165) is 44.8 Å². The molecule has 5 heteroatoms. The fraction of sp³-hybridized carbons (Fsp3) is 0.176. The van der Waals surface area contributed by atoms with E-state index in [1.165, 1.54) is 11.1 Å². The molecule has 5 aromatic carbocycles. The Balaban J connectivity index is 1.35. The number of nitrogens with zero attached hydrogens (tertiary/aromatic N) is 1. The van der Waals surface area contributed by atoms with Gasteiger partial charge in [0.2, 0.25) is 0 Å². The number of rotatable bonds is 3. The van der Waals surface area contributed by atoms with Gasteiger partial charge in [-0.25, -0.2) is 0 Å². The molecule has 0 spiro atoms. The molecule has 4 nitrogen and oxygen atoms in total. The van der Waals surface area contributed by atoms with Gasteiger partial charge in [-0.15, -0.1) is 0 Å². The fourth-order valence-electron chi connectivity index (χ4n) is 5.39. The summed E-state index contributed by atoms with van der Waals surface area (Å²) in [5, 5.41) is 2.22. The average molecular weight is 511 g/mol. The van der Waals surface area contributed by atoms with E-state index in [9.17, 15) is 0 Å². The van der Waals surface area contributed by atoms with Crippen LogP contribution in [0.2, 0.25) is 0 Å². The van der Waals surface area contributed by atoms with E-state index in [2.05, 4.69) is 136 Å². The summed E-state index contributed by atoms with van der Waals surface area (Å²) >= 11 is 0. The van der Waals surface area contributed by atoms with Crippen molar-refractivity contribution in [3.63, 3.8) is 0 Å². The predicted molar refractivity (Wildman–Crippen MR) is 160 cm³/mol. The van der Waals surface area contributed by atoms with Crippen LogP contribution in [0, 0.1) is 0 Å². The second kappa shape index (κ2) is 8.73. The molecule has 192 valence electrons. The van der Waals surface area contributed by atoms with Gasteiger partial charge in [0.25, 0.3) is 0 Å². The largest absolute Gasteiger partial charge is 0.494 e. The smallest absolute Gasteiger partial charge is 0.452 e. The van der Waals surface area contributed by atoms with Crippen LogP contribution in [-0.2, 0) is 9.31 Å². The normalized spacial score (nSPS) is 17.0. The van der Waals surface area contributed by atoms with Crippen molar-refractivity contribution in [3.8, 4) is 22.6 Å². The van der Waals surface area contributed by atoms with Crippen LogP contribution in [0.3, 0.4) is 0 Å². The number of hydrogen-bond donors (Lipinski definition) is 0. The van der Waals surface area contributed by atoms with Crippen LogP contribution in [0.4, 0.5) is 17.1 Å². The van der Waals surface area contributed by atoms with Gasteiger partial charge in [0.05, 0.1) is 22.6 Å². The monoisotopic (exact) mass is 511 g/mol. The number of anilines is 3. The van der Waals surface area contributed by atoms with Crippen molar-refractivity contribution < 1.29 is 14.0 Å². The van der Waals surface area contributed by atoms with Crippen molar-refractivity contribution in [2.45, 2.75) is 38.9 Å². The highest BCUT2D eigenvalue weighted by Gasteiger charge is 2.52.